The Labute approximate surface area is 401 Å². The molecule has 6 N–H and O–H groups in total. The Balaban J connectivity index is 2.23. The Hall–Kier alpha value is -1.07. The molecule has 1 saturated heterocycles. The van der Waals surface area contributed by atoms with Crippen LogP contribution in [-0.2, 0) is 14.3 Å². The van der Waals surface area contributed by atoms with E-state index in [-0.39, 0.29) is 12.5 Å². The summed E-state index contributed by atoms with van der Waals surface area (Å²) < 4.78 is 11.3. The van der Waals surface area contributed by atoms with Crippen molar-refractivity contribution in [1.82, 2.24) is 5.32 Å². The number of rotatable bonds is 49. The first-order valence-electron chi connectivity index (χ1n) is 28.4. The summed E-state index contributed by atoms with van der Waals surface area (Å²) in [6.07, 6.45) is 49.8. The van der Waals surface area contributed by atoms with Crippen LogP contribution >= 0.6 is 0 Å². The van der Waals surface area contributed by atoms with E-state index in [0.717, 1.165) is 38.5 Å². The minimum atomic E-state index is -1.56. The lowest BCUT2D eigenvalue weighted by Gasteiger charge is -2.40. The summed E-state index contributed by atoms with van der Waals surface area (Å²) in [6, 6.07) is -0.800. The van der Waals surface area contributed by atoms with Crippen LogP contribution in [0.1, 0.15) is 284 Å². The smallest absolute Gasteiger partial charge is 0.220 e. The predicted molar refractivity (Wildman–Crippen MR) is 272 cm³/mol. The second-order valence-electron chi connectivity index (χ2n) is 20.1. The third kappa shape index (κ3) is 36.6. The number of allylic oxidation sites excluding steroid dienone is 1. The quantitative estimate of drug-likeness (QED) is 0.0261. The molecule has 9 heteroatoms. The number of amides is 1. The van der Waals surface area contributed by atoms with Gasteiger partial charge in [-0.2, -0.15) is 0 Å². The fourth-order valence-corrected chi connectivity index (χ4v) is 9.34. The summed E-state index contributed by atoms with van der Waals surface area (Å²) in [5.41, 5.74) is 0. The van der Waals surface area contributed by atoms with Gasteiger partial charge in [0, 0.05) is 6.42 Å². The molecule has 1 amide bonds. The summed E-state index contributed by atoms with van der Waals surface area (Å²) in [5.74, 6) is -0.170. The molecule has 386 valence electrons. The maximum atomic E-state index is 13.0. The molecule has 0 aromatic carbocycles. The zero-order valence-corrected chi connectivity index (χ0v) is 42.8. The number of aliphatic hydroxyl groups is 5. The number of aliphatic hydroxyl groups excluding tert-OH is 5. The molecule has 0 aromatic heterocycles. The molecule has 1 fully saturated rings. The minimum absolute atomic E-state index is 0.170. The average Bonchev–Trinajstić information content (AvgIpc) is 3.31. The highest BCUT2D eigenvalue weighted by molar-refractivity contribution is 5.76. The highest BCUT2D eigenvalue weighted by Gasteiger charge is 2.44. The van der Waals surface area contributed by atoms with Gasteiger partial charge in [0.05, 0.1) is 25.4 Å². The van der Waals surface area contributed by atoms with Crippen molar-refractivity contribution >= 4 is 5.91 Å². The Morgan fingerprint density at radius 3 is 1.20 bits per heavy atom. The molecule has 0 aromatic rings. The van der Waals surface area contributed by atoms with Crippen LogP contribution in [0.4, 0.5) is 0 Å². The summed E-state index contributed by atoms with van der Waals surface area (Å²) in [6.45, 7) is 3.82. The van der Waals surface area contributed by atoms with Crippen molar-refractivity contribution in [3.05, 3.63) is 12.2 Å². The molecule has 0 spiro atoms. The molecule has 1 heterocycles. The fraction of sp³-hybridized carbons (Fsp3) is 0.946. The topological polar surface area (TPSA) is 149 Å². The largest absolute Gasteiger partial charge is 0.394 e. The van der Waals surface area contributed by atoms with E-state index in [9.17, 15) is 30.3 Å². The Kier molecular flexibility index (Phi) is 44.5. The van der Waals surface area contributed by atoms with Crippen molar-refractivity contribution in [2.24, 2.45) is 0 Å². The Morgan fingerprint density at radius 1 is 0.508 bits per heavy atom. The molecule has 0 bridgehead atoms. The van der Waals surface area contributed by atoms with Gasteiger partial charge in [-0.15, -0.1) is 0 Å². The number of hydrogen-bond donors (Lipinski definition) is 6. The highest BCUT2D eigenvalue weighted by atomic mass is 16.7. The minimum Gasteiger partial charge on any atom is -0.394 e. The van der Waals surface area contributed by atoms with Crippen molar-refractivity contribution < 1.29 is 39.8 Å². The van der Waals surface area contributed by atoms with Gasteiger partial charge < -0.3 is 40.3 Å². The molecule has 0 saturated carbocycles. The van der Waals surface area contributed by atoms with Crippen LogP contribution in [0.25, 0.3) is 0 Å². The van der Waals surface area contributed by atoms with Crippen LogP contribution < -0.4 is 5.32 Å². The number of nitrogens with one attached hydrogen (secondary N) is 1. The van der Waals surface area contributed by atoms with Gasteiger partial charge in [-0.25, -0.2) is 0 Å². The monoisotopic (exact) mass is 924 g/mol. The lowest BCUT2D eigenvalue weighted by Crippen LogP contribution is -2.60. The molecule has 7 atom stereocenters. The molecule has 1 aliphatic rings. The molecule has 1 rings (SSSR count). The van der Waals surface area contributed by atoms with E-state index < -0.39 is 49.5 Å². The number of carbonyl (C=O) groups is 1. The van der Waals surface area contributed by atoms with Gasteiger partial charge >= 0.3 is 0 Å². The molecule has 65 heavy (non-hydrogen) atoms. The maximum absolute atomic E-state index is 13.0. The van der Waals surface area contributed by atoms with E-state index in [0.29, 0.717) is 6.42 Å². The van der Waals surface area contributed by atoms with Crippen molar-refractivity contribution in [3.8, 4) is 0 Å². The van der Waals surface area contributed by atoms with Crippen molar-refractivity contribution in [2.45, 2.75) is 326 Å². The van der Waals surface area contributed by atoms with Crippen LogP contribution in [-0.4, -0.2) is 87.5 Å². The number of ether oxygens (including phenoxy) is 2. The SMILES string of the molecule is CCCCCCCCCCCCCCCCCCCCCCC/C=C/C(O)C(COC1OC(CO)C(O)C(O)C1O)NC(=O)CCCCCCCCCCCCCCCCCCCCC. The molecule has 9 nitrogen and oxygen atoms in total. The van der Waals surface area contributed by atoms with Gasteiger partial charge in [0.1, 0.15) is 24.4 Å². The third-order valence-corrected chi connectivity index (χ3v) is 13.9. The average molecular weight is 924 g/mol. The predicted octanol–water partition coefficient (Wildman–Crippen LogP) is 13.6. The van der Waals surface area contributed by atoms with Crippen molar-refractivity contribution in [2.75, 3.05) is 13.2 Å². The van der Waals surface area contributed by atoms with Gasteiger partial charge in [0.15, 0.2) is 6.29 Å². The molecular formula is C56H109NO8. The van der Waals surface area contributed by atoms with Crippen LogP contribution in [0.3, 0.4) is 0 Å². The van der Waals surface area contributed by atoms with Crippen molar-refractivity contribution in [1.29, 1.82) is 0 Å². The highest BCUT2D eigenvalue weighted by Crippen LogP contribution is 2.23. The van der Waals surface area contributed by atoms with Crippen LogP contribution in [0, 0.1) is 0 Å². The van der Waals surface area contributed by atoms with Gasteiger partial charge in [-0.1, -0.05) is 270 Å². The third-order valence-electron chi connectivity index (χ3n) is 13.9. The maximum Gasteiger partial charge on any atom is 0.220 e. The number of hydrogen-bond acceptors (Lipinski definition) is 8. The van der Waals surface area contributed by atoms with Crippen molar-refractivity contribution in [3.63, 3.8) is 0 Å². The van der Waals surface area contributed by atoms with E-state index in [4.69, 9.17) is 9.47 Å². The molecule has 0 radical (unpaired) electrons. The number of unbranched alkanes of at least 4 members (excludes halogenated alkanes) is 39. The van der Waals surface area contributed by atoms with Gasteiger partial charge in [0.2, 0.25) is 5.91 Å². The van der Waals surface area contributed by atoms with Gasteiger partial charge in [0.25, 0.3) is 0 Å². The summed E-state index contributed by atoms with van der Waals surface area (Å²) in [4.78, 5) is 13.0. The molecule has 1 aliphatic heterocycles. The zero-order chi connectivity index (χ0) is 47.3. The molecular weight excluding hydrogens is 815 g/mol. The second-order valence-corrected chi connectivity index (χ2v) is 20.1. The van der Waals surface area contributed by atoms with E-state index in [2.05, 4.69) is 19.2 Å². The normalized spacial score (nSPS) is 19.9. The van der Waals surface area contributed by atoms with Gasteiger partial charge in [-0.3, -0.25) is 4.79 Å². The first kappa shape index (κ1) is 61.9. The lowest BCUT2D eigenvalue weighted by atomic mass is 9.99. The standard InChI is InChI=1S/C56H109NO8/c1-3-5-7-9-11-13-15-17-19-21-23-24-25-26-28-29-31-33-35-37-39-41-43-45-50(59)49(48-64-56-55(63)54(62)53(61)51(47-58)65-56)57-52(60)46-44-42-40-38-36-34-32-30-27-22-20-18-16-14-12-10-8-6-4-2/h43,45,49-51,53-56,58-59,61-63H,3-42,44,46-48H2,1-2H3,(H,57,60)/b45-43+. The zero-order valence-electron chi connectivity index (χ0n) is 42.8. The lowest BCUT2D eigenvalue weighted by molar-refractivity contribution is -0.302. The summed E-state index contributed by atoms with van der Waals surface area (Å²) in [7, 11) is 0. The van der Waals surface area contributed by atoms with E-state index in [1.165, 1.54) is 225 Å². The molecule has 0 aliphatic carbocycles. The van der Waals surface area contributed by atoms with Gasteiger partial charge in [-0.05, 0) is 19.3 Å². The first-order valence-corrected chi connectivity index (χ1v) is 28.4. The van der Waals surface area contributed by atoms with E-state index in [1.807, 2.05) is 6.08 Å². The second kappa shape index (κ2) is 46.6. The van der Waals surface area contributed by atoms with E-state index >= 15 is 0 Å². The molecule has 7 unspecified atom stereocenters. The Bertz CT molecular complexity index is 1030. The fourth-order valence-electron chi connectivity index (χ4n) is 9.34. The first-order chi connectivity index (χ1) is 31.8. The summed E-state index contributed by atoms with van der Waals surface area (Å²) >= 11 is 0. The van der Waals surface area contributed by atoms with E-state index in [1.54, 1.807) is 6.08 Å². The van der Waals surface area contributed by atoms with Crippen LogP contribution in [0.5, 0.6) is 0 Å². The Morgan fingerprint density at radius 2 is 0.846 bits per heavy atom. The summed E-state index contributed by atoms with van der Waals surface area (Å²) in [5, 5.41) is 54.5. The van der Waals surface area contributed by atoms with Crippen LogP contribution in [0.15, 0.2) is 12.2 Å². The number of carbonyl (C=O) groups excluding carboxylic acids is 1. The van der Waals surface area contributed by atoms with Crippen LogP contribution in [0.2, 0.25) is 0 Å².